The fourth-order valence-corrected chi connectivity index (χ4v) is 5.68. The van der Waals surface area contributed by atoms with Gasteiger partial charge in [-0.05, 0) is 44.7 Å². The van der Waals surface area contributed by atoms with E-state index in [9.17, 15) is 8.42 Å². The van der Waals surface area contributed by atoms with E-state index in [0.717, 1.165) is 30.6 Å². The predicted molar refractivity (Wildman–Crippen MR) is 75.9 cm³/mol. The van der Waals surface area contributed by atoms with Crippen LogP contribution in [0.2, 0.25) is 0 Å². The van der Waals surface area contributed by atoms with E-state index < -0.39 is 10.0 Å². The lowest BCUT2D eigenvalue weighted by atomic mass is 10.1. The van der Waals surface area contributed by atoms with Gasteiger partial charge in [-0.2, -0.15) is 4.31 Å². The van der Waals surface area contributed by atoms with Crippen LogP contribution in [-0.2, 0) is 10.0 Å². The second-order valence-corrected chi connectivity index (χ2v) is 8.39. The Hall–Kier alpha value is -0.100. The summed E-state index contributed by atoms with van der Waals surface area (Å²) in [4.78, 5) is 1.03. The first-order valence-electron chi connectivity index (χ1n) is 6.20. The van der Waals surface area contributed by atoms with Crippen LogP contribution in [0.15, 0.2) is 16.3 Å². The summed E-state index contributed by atoms with van der Waals surface area (Å²) in [7, 11) is -3.29. The monoisotopic (exact) mass is 307 g/mol. The van der Waals surface area contributed by atoms with E-state index in [1.807, 2.05) is 13.0 Å². The van der Waals surface area contributed by atoms with E-state index in [4.69, 9.17) is 11.6 Å². The molecule has 18 heavy (non-hydrogen) atoms. The summed E-state index contributed by atoms with van der Waals surface area (Å²) in [5.41, 5.74) is 0. The van der Waals surface area contributed by atoms with Crippen molar-refractivity contribution < 1.29 is 8.42 Å². The van der Waals surface area contributed by atoms with Crippen LogP contribution in [0, 0.1) is 6.92 Å². The van der Waals surface area contributed by atoms with Crippen LogP contribution < -0.4 is 0 Å². The molecular weight excluding hydrogens is 290 g/mol. The number of alkyl halides is 1. The van der Waals surface area contributed by atoms with Crippen LogP contribution in [0.25, 0.3) is 0 Å². The van der Waals surface area contributed by atoms with Crippen molar-refractivity contribution in [2.45, 2.75) is 42.9 Å². The summed E-state index contributed by atoms with van der Waals surface area (Å²) in [5.74, 6) is 0.600. The van der Waals surface area contributed by atoms with Crippen molar-refractivity contribution in [3.63, 3.8) is 0 Å². The van der Waals surface area contributed by atoms with Gasteiger partial charge in [0.15, 0.2) is 0 Å². The molecule has 1 aliphatic heterocycles. The molecule has 0 N–H and O–H groups in total. The number of aryl methyl sites for hydroxylation is 1. The minimum atomic E-state index is -3.29. The highest BCUT2D eigenvalue weighted by atomic mass is 35.5. The highest BCUT2D eigenvalue weighted by Crippen LogP contribution is 2.31. The summed E-state index contributed by atoms with van der Waals surface area (Å²) in [6.45, 7) is 2.57. The van der Waals surface area contributed by atoms with Crippen molar-refractivity contribution in [1.82, 2.24) is 4.31 Å². The van der Waals surface area contributed by atoms with Gasteiger partial charge in [0, 0.05) is 23.3 Å². The normalized spacial score (nSPS) is 21.6. The minimum absolute atomic E-state index is 0.135. The van der Waals surface area contributed by atoms with Gasteiger partial charge in [0.25, 0.3) is 10.0 Å². The number of thiophene rings is 1. The molecule has 0 saturated carbocycles. The maximum absolute atomic E-state index is 12.5. The zero-order chi connectivity index (χ0) is 13.2. The molecule has 0 aromatic carbocycles. The number of hydrogen-bond donors (Lipinski definition) is 0. The van der Waals surface area contributed by atoms with Crippen LogP contribution in [0.3, 0.4) is 0 Å². The fourth-order valence-electron chi connectivity index (χ4n) is 2.39. The highest BCUT2D eigenvalue weighted by Gasteiger charge is 2.35. The quantitative estimate of drug-likeness (QED) is 0.783. The van der Waals surface area contributed by atoms with Crippen molar-refractivity contribution in [3.05, 3.63) is 17.0 Å². The second-order valence-electron chi connectivity index (χ2n) is 4.61. The molecule has 102 valence electrons. The molecule has 1 aromatic heterocycles. The van der Waals surface area contributed by atoms with Crippen molar-refractivity contribution in [2.75, 3.05) is 12.4 Å². The van der Waals surface area contributed by atoms with Gasteiger partial charge in [0.05, 0.1) is 0 Å². The van der Waals surface area contributed by atoms with Crippen LogP contribution >= 0.6 is 22.9 Å². The Morgan fingerprint density at radius 1 is 1.50 bits per heavy atom. The van der Waals surface area contributed by atoms with E-state index in [2.05, 4.69) is 0 Å². The lowest BCUT2D eigenvalue weighted by Gasteiger charge is -2.23. The lowest BCUT2D eigenvalue weighted by molar-refractivity contribution is 0.369. The third kappa shape index (κ3) is 2.90. The molecule has 0 radical (unpaired) electrons. The average molecular weight is 308 g/mol. The summed E-state index contributed by atoms with van der Waals surface area (Å²) in [5, 5.41) is 0. The third-order valence-electron chi connectivity index (χ3n) is 3.27. The summed E-state index contributed by atoms with van der Waals surface area (Å²) < 4.78 is 27.2. The molecular formula is C12H18ClNO2S2. The van der Waals surface area contributed by atoms with E-state index in [-0.39, 0.29) is 6.04 Å². The van der Waals surface area contributed by atoms with Gasteiger partial charge >= 0.3 is 0 Å². The number of halogens is 1. The Kier molecular flexibility index (Phi) is 4.69. The Morgan fingerprint density at radius 3 is 2.89 bits per heavy atom. The lowest BCUT2D eigenvalue weighted by Crippen LogP contribution is -2.35. The summed E-state index contributed by atoms with van der Waals surface area (Å²) >= 11 is 7.05. The van der Waals surface area contributed by atoms with E-state index in [1.165, 1.54) is 11.3 Å². The number of nitrogens with zero attached hydrogens (tertiary/aromatic N) is 1. The minimum Gasteiger partial charge on any atom is -0.206 e. The molecule has 0 aliphatic carbocycles. The van der Waals surface area contributed by atoms with Crippen molar-refractivity contribution in [3.8, 4) is 0 Å². The fraction of sp³-hybridized carbons (Fsp3) is 0.667. The number of rotatable bonds is 5. The molecule has 1 unspecified atom stereocenters. The van der Waals surface area contributed by atoms with E-state index >= 15 is 0 Å². The van der Waals surface area contributed by atoms with Gasteiger partial charge in [0.2, 0.25) is 0 Å². The molecule has 6 heteroatoms. The highest BCUT2D eigenvalue weighted by molar-refractivity contribution is 7.91. The smallest absolute Gasteiger partial charge is 0.206 e. The van der Waals surface area contributed by atoms with Gasteiger partial charge in [-0.3, -0.25) is 0 Å². The summed E-state index contributed by atoms with van der Waals surface area (Å²) in [6, 6.07) is 3.71. The van der Waals surface area contributed by atoms with Gasteiger partial charge in [-0.1, -0.05) is 0 Å². The Morgan fingerprint density at radius 2 is 2.28 bits per heavy atom. The van der Waals surface area contributed by atoms with Crippen molar-refractivity contribution >= 4 is 33.0 Å². The molecule has 3 nitrogen and oxygen atoms in total. The zero-order valence-corrected chi connectivity index (χ0v) is 12.8. The van der Waals surface area contributed by atoms with Gasteiger partial charge in [0.1, 0.15) is 4.21 Å². The molecule has 1 fully saturated rings. The second kappa shape index (κ2) is 5.90. The largest absolute Gasteiger partial charge is 0.252 e. The Labute approximate surface area is 118 Å². The summed E-state index contributed by atoms with van der Waals surface area (Å²) in [6.07, 6.45) is 3.66. The first-order valence-corrected chi connectivity index (χ1v) is 8.99. The molecule has 0 bridgehead atoms. The molecule has 1 saturated heterocycles. The third-order valence-corrected chi connectivity index (χ3v) is 6.96. The molecule has 2 heterocycles. The molecule has 1 atom stereocenters. The number of sulfonamides is 1. The Bertz CT molecular complexity index is 498. The van der Waals surface area contributed by atoms with Crippen LogP contribution in [0.5, 0.6) is 0 Å². The van der Waals surface area contributed by atoms with Gasteiger partial charge < -0.3 is 0 Å². The average Bonchev–Trinajstić information content (AvgIpc) is 2.95. The standard InChI is InChI=1S/C12H18ClNO2S2/c1-10-6-7-12(17-10)18(15,16)14-9-3-5-11(14)4-2-8-13/h6-7,11H,2-5,8-9H2,1H3. The van der Waals surface area contributed by atoms with Crippen LogP contribution in [0.4, 0.5) is 0 Å². The SMILES string of the molecule is Cc1ccc(S(=O)(=O)N2CCCC2CCCCl)s1. The van der Waals surface area contributed by atoms with Crippen molar-refractivity contribution in [1.29, 1.82) is 0 Å². The van der Waals surface area contributed by atoms with Gasteiger partial charge in [-0.15, -0.1) is 22.9 Å². The maximum Gasteiger partial charge on any atom is 0.252 e. The first-order chi connectivity index (χ1) is 8.55. The molecule has 0 spiro atoms. The Balaban J connectivity index is 2.18. The molecule has 1 aliphatic rings. The van der Waals surface area contributed by atoms with E-state index in [0.29, 0.717) is 16.6 Å². The number of hydrogen-bond acceptors (Lipinski definition) is 3. The van der Waals surface area contributed by atoms with Crippen molar-refractivity contribution in [2.24, 2.45) is 0 Å². The first kappa shape index (κ1) is 14.3. The van der Waals surface area contributed by atoms with Gasteiger partial charge in [-0.25, -0.2) is 8.42 Å². The van der Waals surface area contributed by atoms with Crippen LogP contribution in [-0.4, -0.2) is 31.2 Å². The van der Waals surface area contributed by atoms with Crippen LogP contribution in [0.1, 0.15) is 30.6 Å². The molecule has 1 aromatic rings. The maximum atomic E-state index is 12.5. The zero-order valence-electron chi connectivity index (χ0n) is 10.4. The predicted octanol–water partition coefficient (Wildman–Crippen LogP) is 3.23. The topological polar surface area (TPSA) is 37.4 Å². The molecule has 2 rings (SSSR count). The van der Waals surface area contributed by atoms with E-state index in [1.54, 1.807) is 10.4 Å². The molecule has 0 amide bonds.